The van der Waals surface area contributed by atoms with Gasteiger partial charge in [-0.15, -0.1) is 11.8 Å². The zero-order valence-corrected chi connectivity index (χ0v) is 25.8. The number of hydrogen-bond acceptors (Lipinski definition) is 4. The number of anilines is 1. The summed E-state index contributed by atoms with van der Waals surface area (Å²) in [7, 11) is 0. The fourth-order valence-corrected chi connectivity index (χ4v) is 6.57. The van der Waals surface area contributed by atoms with Crippen LogP contribution >= 0.6 is 11.8 Å². The van der Waals surface area contributed by atoms with Crippen LogP contribution in [0.15, 0.2) is 66.7 Å². The fraction of sp³-hybridized carbons (Fsp3) is 0.324. The molecule has 6 nitrogen and oxygen atoms in total. The number of carbonyl (C=O) groups is 2. The summed E-state index contributed by atoms with van der Waals surface area (Å²) in [6.07, 6.45) is 0. The van der Waals surface area contributed by atoms with E-state index in [1.54, 1.807) is 28.8 Å². The lowest BCUT2D eigenvalue weighted by Crippen LogP contribution is -2.42. The van der Waals surface area contributed by atoms with Gasteiger partial charge in [0.1, 0.15) is 18.2 Å². The summed E-state index contributed by atoms with van der Waals surface area (Å²) in [6, 6.07) is 20.6. The van der Waals surface area contributed by atoms with E-state index in [0.717, 1.165) is 44.8 Å². The molecule has 2 heterocycles. The number of hydrogen-bond donors (Lipinski definition) is 1. The summed E-state index contributed by atoms with van der Waals surface area (Å²) < 4.78 is 15.2. The lowest BCUT2D eigenvalue weighted by atomic mass is 9.87. The Hall–Kier alpha value is -3.91. The molecule has 0 saturated carbocycles. The van der Waals surface area contributed by atoms with Crippen LogP contribution in [-0.4, -0.2) is 33.9 Å². The van der Waals surface area contributed by atoms with Gasteiger partial charge >= 0.3 is 0 Å². The predicted octanol–water partition coefficient (Wildman–Crippen LogP) is 6.72. The molecule has 1 N–H and O–H groups in total. The average molecular weight is 585 g/mol. The van der Waals surface area contributed by atoms with Gasteiger partial charge < -0.3 is 5.32 Å². The highest BCUT2D eigenvalue weighted by Crippen LogP contribution is 2.48. The summed E-state index contributed by atoms with van der Waals surface area (Å²) in [5, 5.41) is 7.96. The van der Waals surface area contributed by atoms with E-state index in [9.17, 15) is 14.0 Å². The third-order valence-electron chi connectivity index (χ3n) is 7.43. The number of halogens is 1. The van der Waals surface area contributed by atoms with Crippen molar-refractivity contribution in [2.24, 2.45) is 0 Å². The van der Waals surface area contributed by atoms with E-state index in [1.165, 1.54) is 12.1 Å². The topological polar surface area (TPSA) is 67.2 Å². The van der Waals surface area contributed by atoms with Gasteiger partial charge in [0, 0.05) is 17.5 Å². The monoisotopic (exact) mass is 584 g/mol. The van der Waals surface area contributed by atoms with E-state index in [0.29, 0.717) is 5.82 Å². The first-order valence-electron chi connectivity index (χ1n) is 14.1. The molecule has 0 fully saturated rings. The van der Waals surface area contributed by atoms with Gasteiger partial charge in [0.05, 0.1) is 22.4 Å². The Kier molecular flexibility index (Phi) is 8.28. The van der Waals surface area contributed by atoms with Crippen molar-refractivity contribution in [1.29, 1.82) is 0 Å². The molecule has 1 aliphatic rings. The van der Waals surface area contributed by atoms with Crippen LogP contribution in [0.2, 0.25) is 0 Å². The summed E-state index contributed by atoms with van der Waals surface area (Å²) in [5.74, 6) is 0.0609. The minimum atomic E-state index is -0.333. The zero-order valence-electron chi connectivity index (χ0n) is 25.0. The second-order valence-electron chi connectivity index (χ2n) is 12.0. The van der Waals surface area contributed by atoms with E-state index < -0.39 is 0 Å². The Balaban J connectivity index is 1.66. The van der Waals surface area contributed by atoms with Gasteiger partial charge in [-0.1, -0.05) is 80.4 Å². The Bertz CT molecular complexity index is 1640. The van der Waals surface area contributed by atoms with Crippen LogP contribution in [0.1, 0.15) is 65.1 Å². The smallest absolute Gasteiger partial charge is 0.240 e. The summed E-state index contributed by atoms with van der Waals surface area (Å²) in [5.41, 5.74) is 7.55. The van der Waals surface area contributed by atoms with Gasteiger partial charge in [0.15, 0.2) is 0 Å². The van der Waals surface area contributed by atoms with Crippen LogP contribution in [0, 0.1) is 26.6 Å². The van der Waals surface area contributed by atoms with Crippen LogP contribution in [0.5, 0.6) is 0 Å². The Labute approximate surface area is 251 Å². The van der Waals surface area contributed by atoms with Crippen molar-refractivity contribution in [3.05, 3.63) is 112 Å². The molecule has 0 radical (unpaired) electrons. The molecule has 1 aliphatic heterocycles. The number of amides is 2. The third-order valence-corrected chi connectivity index (χ3v) is 8.68. The van der Waals surface area contributed by atoms with E-state index in [2.05, 4.69) is 57.3 Å². The number of rotatable bonds is 6. The number of thioether (sulfide) groups is 1. The lowest BCUT2D eigenvalue weighted by molar-refractivity contribution is -0.123. The molecule has 3 aromatic carbocycles. The molecule has 5 rings (SSSR count). The van der Waals surface area contributed by atoms with Crippen molar-refractivity contribution >= 4 is 29.4 Å². The Morgan fingerprint density at radius 2 is 1.74 bits per heavy atom. The summed E-state index contributed by atoms with van der Waals surface area (Å²) >= 11 is 1.57. The number of nitrogens with zero attached hydrogens (tertiary/aromatic N) is 3. The normalized spacial score (nSPS) is 15.4. The first-order valence-corrected chi connectivity index (χ1v) is 15.2. The third kappa shape index (κ3) is 6.14. The zero-order chi connectivity index (χ0) is 30.2. The first kappa shape index (κ1) is 29.6. The maximum Gasteiger partial charge on any atom is 0.240 e. The largest absolute Gasteiger partial charge is 0.350 e. The van der Waals surface area contributed by atoms with Crippen molar-refractivity contribution in [1.82, 2.24) is 15.1 Å². The molecular weight excluding hydrogens is 547 g/mol. The average Bonchev–Trinajstić information content (AvgIpc) is 3.25. The highest BCUT2D eigenvalue weighted by Gasteiger charge is 2.40. The van der Waals surface area contributed by atoms with Crippen LogP contribution in [0.3, 0.4) is 0 Å². The minimum absolute atomic E-state index is 0.148. The molecule has 0 spiro atoms. The van der Waals surface area contributed by atoms with Gasteiger partial charge in [-0.3, -0.25) is 14.5 Å². The van der Waals surface area contributed by atoms with Crippen LogP contribution in [-0.2, 0) is 21.5 Å². The lowest BCUT2D eigenvalue weighted by Gasteiger charge is -2.25. The van der Waals surface area contributed by atoms with Crippen LogP contribution in [0.4, 0.5) is 10.2 Å². The predicted molar refractivity (Wildman–Crippen MR) is 168 cm³/mol. The number of fused-ring (bicyclic) bond motifs is 1. The Morgan fingerprint density at radius 1 is 1.02 bits per heavy atom. The second-order valence-corrected chi connectivity index (χ2v) is 13.1. The molecule has 218 valence electrons. The molecule has 0 aliphatic carbocycles. The Morgan fingerprint density at radius 3 is 2.40 bits per heavy atom. The van der Waals surface area contributed by atoms with Gasteiger partial charge in [0.25, 0.3) is 0 Å². The van der Waals surface area contributed by atoms with Gasteiger partial charge in [0.2, 0.25) is 11.8 Å². The summed E-state index contributed by atoms with van der Waals surface area (Å²) in [4.78, 5) is 28.9. The fourth-order valence-electron chi connectivity index (χ4n) is 5.38. The maximum atomic E-state index is 13.9. The molecule has 1 atom stereocenters. The molecule has 42 heavy (non-hydrogen) atoms. The number of aryl methyl sites for hydroxylation is 3. The molecule has 8 heteroatoms. The van der Waals surface area contributed by atoms with Crippen molar-refractivity contribution in [2.75, 3.05) is 17.2 Å². The SMILES string of the molecule is Cc1cccc([C@H]2SCC(=O)N(CC(=O)NCc3ccc(F)cc3)c3c2c(C(C)(C)C)nn3-c2ccc(C)cc2C)c1. The van der Waals surface area contributed by atoms with E-state index in [4.69, 9.17) is 5.10 Å². The van der Waals surface area contributed by atoms with Crippen molar-refractivity contribution in [3.63, 3.8) is 0 Å². The van der Waals surface area contributed by atoms with Gasteiger partial charge in [-0.25, -0.2) is 9.07 Å². The molecule has 0 saturated heterocycles. The quantitative estimate of drug-likeness (QED) is 0.273. The van der Waals surface area contributed by atoms with Crippen molar-refractivity contribution in [2.45, 2.75) is 58.8 Å². The molecule has 0 bridgehead atoms. The molecule has 0 unspecified atom stereocenters. The van der Waals surface area contributed by atoms with Crippen molar-refractivity contribution < 1.29 is 14.0 Å². The van der Waals surface area contributed by atoms with Crippen LogP contribution < -0.4 is 10.2 Å². The first-order chi connectivity index (χ1) is 19.9. The molecule has 4 aromatic rings. The number of aromatic nitrogens is 2. The second kappa shape index (κ2) is 11.8. The standard InChI is InChI=1S/C34H37FN4O2S/c1-21-8-7-9-25(17-21)31-30-32(34(4,5)6)37-39(27-15-10-22(2)16-23(27)3)33(30)38(29(41)20-42-31)19-28(40)36-18-24-11-13-26(35)14-12-24/h7-17,31H,18-20H2,1-6H3,(H,36,40)/t31-/m1/s1. The number of benzene rings is 3. The van der Waals surface area contributed by atoms with E-state index >= 15 is 0 Å². The highest BCUT2D eigenvalue weighted by atomic mass is 32.2. The number of carbonyl (C=O) groups excluding carboxylic acids is 2. The van der Waals surface area contributed by atoms with Crippen molar-refractivity contribution in [3.8, 4) is 5.69 Å². The minimum Gasteiger partial charge on any atom is -0.350 e. The van der Waals surface area contributed by atoms with Gasteiger partial charge in [-0.2, -0.15) is 5.10 Å². The summed E-state index contributed by atoms with van der Waals surface area (Å²) in [6.45, 7) is 12.6. The van der Waals surface area contributed by atoms with E-state index in [-0.39, 0.29) is 47.1 Å². The molecular formula is C34H37FN4O2S. The molecule has 2 amide bonds. The van der Waals surface area contributed by atoms with Gasteiger partial charge in [-0.05, 0) is 55.7 Å². The maximum absolute atomic E-state index is 13.9. The number of nitrogens with one attached hydrogen (secondary N) is 1. The molecule has 1 aromatic heterocycles. The highest BCUT2D eigenvalue weighted by molar-refractivity contribution is 8.00. The van der Waals surface area contributed by atoms with Crippen LogP contribution in [0.25, 0.3) is 5.69 Å². The van der Waals surface area contributed by atoms with E-state index in [1.807, 2.05) is 36.7 Å².